The van der Waals surface area contributed by atoms with Crippen LogP contribution in [0.5, 0.6) is 0 Å². The number of benzene rings is 1. The molecule has 0 fully saturated rings. The number of ether oxygens (including phenoxy) is 1. The van der Waals surface area contributed by atoms with Gasteiger partial charge in [0.2, 0.25) is 0 Å². The third kappa shape index (κ3) is 2.43. The molecule has 0 aromatic heterocycles. The summed E-state index contributed by atoms with van der Waals surface area (Å²) in [6, 6.07) is 9.46. The maximum atomic E-state index is 8.59. The maximum absolute atomic E-state index is 8.59. The van der Waals surface area contributed by atoms with E-state index in [-0.39, 0.29) is 6.10 Å². The molecule has 1 unspecified atom stereocenters. The van der Waals surface area contributed by atoms with Crippen LogP contribution >= 0.6 is 0 Å². The Morgan fingerprint density at radius 2 is 2.12 bits per heavy atom. The van der Waals surface area contributed by atoms with Gasteiger partial charge in [-0.05, 0) is 5.56 Å². The van der Waals surface area contributed by atoms with Gasteiger partial charge in [-0.15, -0.1) is 0 Å². The number of hydrogen-bond acceptors (Lipinski definition) is 3. The van der Waals surface area contributed by atoms with E-state index in [2.05, 4.69) is 0 Å². The van der Waals surface area contributed by atoms with Crippen LogP contribution in [-0.4, -0.2) is 11.8 Å². The molecular formula is C14H12N2O. The Kier molecular flexibility index (Phi) is 3.37. The molecule has 0 heterocycles. The standard InChI is InChI=1S/C14H12N2O/c15-10-17-13-9-5-4-8-12(13)14(16)11-6-2-1-3-7-11/h1-8,13,16H,9H2. The quantitative estimate of drug-likeness (QED) is 0.634. The van der Waals surface area contributed by atoms with E-state index in [1.165, 1.54) is 0 Å². The van der Waals surface area contributed by atoms with Crippen molar-refractivity contribution in [1.29, 1.82) is 10.7 Å². The third-order valence-electron chi connectivity index (χ3n) is 2.66. The number of nitrogens with one attached hydrogen (secondary N) is 1. The fourth-order valence-electron chi connectivity index (χ4n) is 1.80. The summed E-state index contributed by atoms with van der Waals surface area (Å²) in [4.78, 5) is 0. The van der Waals surface area contributed by atoms with Crippen molar-refractivity contribution < 1.29 is 4.74 Å². The van der Waals surface area contributed by atoms with Crippen molar-refractivity contribution in [1.82, 2.24) is 0 Å². The summed E-state index contributed by atoms with van der Waals surface area (Å²) in [6.45, 7) is 0. The molecule has 0 amide bonds. The summed E-state index contributed by atoms with van der Waals surface area (Å²) in [7, 11) is 0. The van der Waals surface area contributed by atoms with Gasteiger partial charge in [0, 0.05) is 12.0 Å². The van der Waals surface area contributed by atoms with Crippen molar-refractivity contribution in [3.05, 3.63) is 59.7 Å². The summed E-state index contributed by atoms with van der Waals surface area (Å²) in [6.07, 6.45) is 7.66. The van der Waals surface area contributed by atoms with E-state index in [0.717, 1.165) is 11.1 Å². The monoisotopic (exact) mass is 224 g/mol. The van der Waals surface area contributed by atoms with Crippen molar-refractivity contribution in [2.45, 2.75) is 12.5 Å². The topological polar surface area (TPSA) is 56.9 Å². The van der Waals surface area contributed by atoms with Crippen LogP contribution in [0, 0.1) is 16.9 Å². The summed E-state index contributed by atoms with van der Waals surface area (Å²) in [5, 5.41) is 16.7. The number of allylic oxidation sites excluding steroid dienone is 2. The lowest BCUT2D eigenvalue weighted by atomic mass is 9.93. The van der Waals surface area contributed by atoms with Gasteiger partial charge in [0.05, 0.1) is 5.71 Å². The van der Waals surface area contributed by atoms with E-state index >= 15 is 0 Å². The number of nitrogens with zero attached hydrogens (tertiary/aromatic N) is 1. The predicted octanol–water partition coefficient (Wildman–Crippen LogP) is 2.81. The Morgan fingerprint density at radius 1 is 1.35 bits per heavy atom. The summed E-state index contributed by atoms with van der Waals surface area (Å²) in [5.74, 6) is 0. The smallest absolute Gasteiger partial charge is 0.286 e. The van der Waals surface area contributed by atoms with Crippen molar-refractivity contribution >= 4 is 5.71 Å². The molecule has 1 aliphatic carbocycles. The Balaban J connectivity index is 2.27. The van der Waals surface area contributed by atoms with E-state index in [1.54, 1.807) is 6.26 Å². The van der Waals surface area contributed by atoms with Gasteiger partial charge in [-0.25, -0.2) is 0 Å². The van der Waals surface area contributed by atoms with Crippen molar-refractivity contribution in [2.75, 3.05) is 0 Å². The summed E-state index contributed by atoms with van der Waals surface area (Å²) >= 11 is 0. The van der Waals surface area contributed by atoms with Crippen molar-refractivity contribution in [2.24, 2.45) is 0 Å². The Bertz CT molecular complexity index is 509. The normalized spacial score (nSPS) is 18.1. The molecule has 0 saturated carbocycles. The van der Waals surface area contributed by atoms with E-state index in [9.17, 15) is 0 Å². The van der Waals surface area contributed by atoms with Gasteiger partial charge in [0.25, 0.3) is 6.26 Å². The number of rotatable bonds is 3. The van der Waals surface area contributed by atoms with Gasteiger partial charge in [0.15, 0.2) is 0 Å². The average molecular weight is 224 g/mol. The predicted molar refractivity (Wildman–Crippen MR) is 65.6 cm³/mol. The van der Waals surface area contributed by atoms with Crippen LogP contribution in [0.4, 0.5) is 0 Å². The van der Waals surface area contributed by atoms with Gasteiger partial charge in [-0.2, -0.15) is 5.26 Å². The second-order valence-electron chi connectivity index (χ2n) is 3.72. The highest BCUT2D eigenvalue weighted by Gasteiger charge is 2.21. The van der Waals surface area contributed by atoms with Crippen LogP contribution in [0.25, 0.3) is 0 Å². The van der Waals surface area contributed by atoms with E-state index in [4.69, 9.17) is 15.4 Å². The zero-order valence-electron chi connectivity index (χ0n) is 9.26. The first kappa shape index (κ1) is 11.2. The fraction of sp³-hybridized carbons (Fsp3) is 0.143. The van der Waals surface area contributed by atoms with Gasteiger partial charge in [-0.3, -0.25) is 5.41 Å². The fourth-order valence-corrected chi connectivity index (χ4v) is 1.80. The molecule has 0 spiro atoms. The molecule has 1 aromatic carbocycles. The highest BCUT2D eigenvalue weighted by Crippen LogP contribution is 2.20. The minimum Gasteiger partial charge on any atom is -0.419 e. The minimum atomic E-state index is -0.335. The SMILES string of the molecule is N#COC1CC=CC=C1C(=N)c1ccccc1. The zero-order chi connectivity index (χ0) is 12.1. The molecule has 1 atom stereocenters. The van der Waals surface area contributed by atoms with Crippen LogP contribution in [-0.2, 0) is 4.74 Å². The minimum absolute atomic E-state index is 0.335. The third-order valence-corrected chi connectivity index (χ3v) is 2.66. The lowest BCUT2D eigenvalue weighted by Crippen LogP contribution is -2.21. The average Bonchev–Trinajstić information content (AvgIpc) is 2.40. The molecule has 0 aliphatic heterocycles. The zero-order valence-corrected chi connectivity index (χ0v) is 9.26. The molecule has 84 valence electrons. The second kappa shape index (κ2) is 5.13. The van der Waals surface area contributed by atoms with Gasteiger partial charge >= 0.3 is 0 Å². The first-order valence-corrected chi connectivity index (χ1v) is 5.38. The Labute approximate surface area is 100 Å². The largest absolute Gasteiger partial charge is 0.419 e. The molecule has 1 aliphatic rings. The highest BCUT2D eigenvalue weighted by molar-refractivity contribution is 6.11. The number of hydrogen-bond donors (Lipinski definition) is 1. The number of nitriles is 1. The highest BCUT2D eigenvalue weighted by atomic mass is 16.5. The van der Waals surface area contributed by atoms with Gasteiger partial charge in [0.1, 0.15) is 6.10 Å². The van der Waals surface area contributed by atoms with E-state index in [0.29, 0.717) is 12.1 Å². The summed E-state index contributed by atoms with van der Waals surface area (Å²) in [5.41, 5.74) is 2.00. The maximum Gasteiger partial charge on any atom is 0.286 e. The summed E-state index contributed by atoms with van der Waals surface area (Å²) < 4.78 is 4.98. The second-order valence-corrected chi connectivity index (χ2v) is 3.72. The molecule has 2 rings (SSSR count). The van der Waals surface area contributed by atoms with Gasteiger partial charge < -0.3 is 4.74 Å². The molecule has 1 aromatic rings. The lowest BCUT2D eigenvalue weighted by Gasteiger charge is -2.19. The molecule has 17 heavy (non-hydrogen) atoms. The van der Waals surface area contributed by atoms with Crippen LogP contribution in [0.15, 0.2) is 54.1 Å². The van der Waals surface area contributed by atoms with Crippen LogP contribution in [0.2, 0.25) is 0 Å². The molecule has 1 N–H and O–H groups in total. The lowest BCUT2D eigenvalue weighted by molar-refractivity contribution is 0.201. The Morgan fingerprint density at radius 3 is 2.82 bits per heavy atom. The molecule has 3 heteroatoms. The molecule has 0 radical (unpaired) electrons. The van der Waals surface area contributed by atoms with Crippen molar-refractivity contribution in [3.8, 4) is 6.26 Å². The van der Waals surface area contributed by atoms with Crippen LogP contribution in [0.1, 0.15) is 12.0 Å². The first-order valence-electron chi connectivity index (χ1n) is 5.38. The van der Waals surface area contributed by atoms with Crippen LogP contribution < -0.4 is 0 Å². The first-order chi connectivity index (χ1) is 8.33. The van der Waals surface area contributed by atoms with Crippen LogP contribution in [0.3, 0.4) is 0 Å². The Hall–Kier alpha value is -2.34. The van der Waals surface area contributed by atoms with E-state index in [1.807, 2.05) is 48.6 Å². The molecular weight excluding hydrogens is 212 g/mol. The van der Waals surface area contributed by atoms with Gasteiger partial charge in [-0.1, -0.05) is 48.6 Å². The van der Waals surface area contributed by atoms with Crippen molar-refractivity contribution in [3.63, 3.8) is 0 Å². The molecule has 0 bridgehead atoms. The molecule has 3 nitrogen and oxygen atoms in total. The molecule has 0 saturated heterocycles. The van der Waals surface area contributed by atoms with E-state index < -0.39 is 0 Å².